The van der Waals surface area contributed by atoms with Crippen LogP contribution in [0.3, 0.4) is 0 Å². The molecule has 0 aliphatic rings. The van der Waals surface area contributed by atoms with E-state index in [1.807, 2.05) is 24.3 Å². The number of hydrogen-bond donors (Lipinski definition) is 1. The molecule has 0 aliphatic carbocycles. The molecule has 88 valence electrons. The Hall–Kier alpha value is -1.26. The van der Waals surface area contributed by atoms with E-state index in [1.54, 1.807) is 0 Å². The quantitative estimate of drug-likeness (QED) is 0.608. The van der Waals surface area contributed by atoms with E-state index in [2.05, 4.69) is 9.57 Å². The lowest BCUT2D eigenvalue weighted by atomic mass is 10.1. The van der Waals surface area contributed by atoms with Crippen LogP contribution in [0.15, 0.2) is 24.3 Å². The van der Waals surface area contributed by atoms with Crippen LogP contribution in [0.2, 0.25) is 0 Å². The number of hydrogen-bond acceptors (Lipinski definition) is 4. The fraction of sp³-hybridized carbons (Fsp3) is 0.364. The molecule has 16 heavy (non-hydrogen) atoms. The smallest absolute Gasteiger partial charge is 0.343 e. The Bertz CT molecular complexity index is 327. The van der Waals surface area contributed by atoms with Crippen molar-refractivity contribution in [1.82, 2.24) is 4.84 Å². The Morgan fingerprint density at radius 2 is 2.06 bits per heavy atom. The van der Waals surface area contributed by atoms with Crippen molar-refractivity contribution in [2.45, 2.75) is 6.42 Å². The van der Waals surface area contributed by atoms with Crippen LogP contribution in [-0.2, 0) is 16.0 Å². The molecule has 0 fully saturated rings. The summed E-state index contributed by atoms with van der Waals surface area (Å²) in [6.07, 6.45) is 0.848. The normalized spacial score (nSPS) is 9.88. The molecule has 1 aromatic rings. The van der Waals surface area contributed by atoms with Crippen molar-refractivity contribution in [2.75, 3.05) is 20.3 Å². The highest BCUT2D eigenvalue weighted by atomic mass is 35.5. The van der Waals surface area contributed by atoms with Crippen LogP contribution in [0.5, 0.6) is 5.75 Å². The van der Waals surface area contributed by atoms with E-state index in [4.69, 9.17) is 16.5 Å². The van der Waals surface area contributed by atoms with Crippen LogP contribution in [-0.4, -0.2) is 26.2 Å². The van der Waals surface area contributed by atoms with Gasteiger partial charge in [-0.15, -0.1) is 0 Å². The Morgan fingerprint density at radius 3 is 2.62 bits per heavy atom. The minimum atomic E-state index is -0.393. The molecule has 0 amide bonds. The Balaban J connectivity index is 2.41. The van der Waals surface area contributed by atoms with Crippen molar-refractivity contribution in [1.29, 1.82) is 0 Å². The van der Waals surface area contributed by atoms with Crippen LogP contribution < -0.4 is 9.57 Å². The molecule has 0 atom stereocenters. The minimum Gasteiger partial charge on any atom is -0.482 e. The van der Waals surface area contributed by atoms with Crippen molar-refractivity contribution in [2.24, 2.45) is 0 Å². The summed E-state index contributed by atoms with van der Waals surface area (Å²) in [5, 5.41) is 0. The van der Waals surface area contributed by atoms with Gasteiger partial charge in [0.2, 0.25) is 0 Å². The van der Waals surface area contributed by atoms with Gasteiger partial charge in [0, 0.05) is 6.54 Å². The van der Waals surface area contributed by atoms with Crippen LogP contribution in [0, 0.1) is 0 Å². The van der Waals surface area contributed by atoms with Crippen LogP contribution in [0.25, 0.3) is 0 Å². The summed E-state index contributed by atoms with van der Waals surface area (Å²) in [6.45, 7) is 0.642. The van der Waals surface area contributed by atoms with E-state index >= 15 is 0 Å². The number of ether oxygens (including phenoxy) is 2. The van der Waals surface area contributed by atoms with Crippen LogP contribution in [0.1, 0.15) is 5.56 Å². The molecular formula is C11H14ClNO3. The largest absolute Gasteiger partial charge is 0.482 e. The van der Waals surface area contributed by atoms with Gasteiger partial charge in [-0.3, -0.25) is 0 Å². The number of methoxy groups -OCH3 is 1. The van der Waals surface area contributed by atoms with E-state index < -0.39 is 5.97 Å². The van der Waals surface area contributed by atoms with Crippen LogP contribution >= 0.6 is 11.8 Å². The lowest BCUT2D eigenvalue weighted by Gasteiger charge is -2.05. The molecule has 0 aromatic heterocycles. The number of benzene rings is 1. The summed E-state index contributed by atoms with van der Waals surface area (Å²) >= 11 is 5.36. The zero-order valence-electron chi connectivity index (χ0n) is 9.03. The van der Waals surface area contributed by atoms with Gasteiger partial charge in [-0.05, 0) is 35.9 Å². The number of carbonyl (C=O) groups excluding carboxylic acids is 1. The van der Waals surface area contributed by atoms with Gasteiger partial charge in [-0.1, -0.05) is 12.1 Å². The van der Waals surface area contributed by atoms with Gasteiger partial charge in [0.25, 0.3) is 0 Å². The minimum absolute atomic E-state index is 0.0704. The second-order valence-corrected chi connectivity index (χ2v) is 3.41. The first kappa shape index (κ1) is 12.8. The number of rotatable bonds is 6. The average molecular weight is 244 g/mol. The molecule has 0 saturated heterocycles. The molecule has 1 aromatic carbocycles. The molecule has 0 heterocycles. The van der Waals surface area contributed by atoms with E-state index in [9.17, 15) is 4.79 Å². The third kappa shape index (κ3) is 4.51. The van der Waals surface area contributed by atoms with Crippen LogP contribution in [0.4, 0.5) is 0 Å². The van der Waals surface area contributed by atoms with E-state index in [0.29, 0.717) is 12.3 Å². The molecule has 1 N–H and O–H groups in total. The monoisotopic (exact) mass is 243 g/mol. The van der Waals surface area contributed by atoms with E-state index in [0.717, 1.165) is 12.0 Å². The zero-order chi connectivity index (χ0) is 11.8. The van der Waals surface area contributed by atoms with Crippen molar-refractivity contribution >= 4 is 17.7 Å². The first-order valence-electron chi connectivity index (χ1n) is 4.88. The molecule has 0 bridgehead atoms. The molecule has 0 radical (unpaired) electrons. The molecule has 0 spiro atoms. The fourth-order valence-corrected chi connectivity index (χ4v) is 1.24. The molecule has 0 saturated carbocycles. The Labute approximate surface area is 99.6 Å². The summed E-state index contributed by atoms with van der Waals surface area (Å²) < 4.78 is 9.66. The third-order valence-electron chi connectivity index (χ3n) is 2.02. The van der Waals surface area contributed by atoms with Crippen molar-refractivity contribution in [3.63, 3.8) is 0 Å². The first-order chi connectivity index (χ1) is 7.76. The zero-order valence-corrected chi connectivity index (χ0v) is 9.79. The second-order valence-electron chi connectivity index (χ2n) is 3.14. The predicted octanol–water partition coefficient (Wildman–Crippen LogP) is 1.52. The second kappa shape index (κ2) is 7.09. The topological polar surface area (TPSA) is 47.6 Å². The first-order valence-corrected chi connectivity index (χ1v) is 5.26. The maximum atomic E-state index is 10.8. The molecule has 0 unspecified atom stereocenters. The molecule has 4 nitrogen and oxygen atoms in total. The van der Waals surface area contributed by atoms with E-state index in [-0.39, 0.29) is 6.61 Å². The lowest BCUT2D eigenvalue weighted by molar-refractivity contribution is -0.142. The van der Waals surface area contributed by atoms with Gasteiger partial charge in [-0.25, -0.2) is 9.63 Å². The summed E-state index contributed by atoms with van der Waals surface area (Å²) in [4.78, 5) is 13.4. The van der Waals surface area contributed by atoms with Gasteiger partial charge in [-0.2, -0.15) is 0 Å². The molecule has 5 heteroatoms. The Kier molecular flexibility index (Phi) is 5.67. The highest BCUT2D eigenvalue weighted by Gasteiger charge is 2.01. The van der Waals surface area contributed by atoms with Crippen molar-refractivity contribution in [3.05, 3.63) is 29.8 Å². The summed E-state index contributed by atoms with van der Waals surface area (Å²) in [7, 11) is 1.33. The summed E-state index contributed by atoms with van der Waals surface area (Å²) in [5.41, 5.74) is 1.15. The number of carbonyl (C=O) groups is 1. The highest BCUT2D eigenvalue weighted by molar-refractivity contribution is 6.13. The molecule has 1 rings (SSSR count). The van der Waals surface area contributed by atoms with Gasteiger partial charge < -0.3 is 9.47 Å². The SMILES string of the molecule is COC(=O)COc1ccc(CCNCl)cc1. The number of esters is 1. The van der Waals surface area contributed by atoms with Gasteiger partial charge in [0.05, 0.1) is 7.11 Å². The summed E-state index contributed by atoms with van der Waals surface area (Å²) in [5.74, 6) is 0.253. The number of nitrogens with one attached hydrogen (secondary N) is 1. The fourth-order valence-electron chi connectivity index (χ4n) is 1.15. The maximum Gasteiger partial charge on any atom is 0.343 e. The Morgan fingerprint density at radius 1 is 1.38 bits per heavy atom. The van der Waals surface area contributed by atoms with Crippen molar-refractivity contribution < 1.29 is 14.3 Å². The average Bonchev–Trinajstić information content (AvgIpc) is 2.34. The predicted molar refractivity (Wildman–Crippen MR) is 61.5 cm³/mol. The highest BCUT2D eigenvalue weighted by Crippen LogP contribution is 2.12. The van der Waals surface area contributed by atoms with E-state index in [1.165, 1.54) is 7.11 Å². The van der Waals surface area contributed by atoms with Crippen molar-refractivity contribution in [3.8, 4) is 5.75 Å². The standard InChI is InChI=1S/C11H14ClNO3/c1-15-11(14)8-16-10-4-2-9(3-5-10)6-7-13-12/h2-5,13H,6-8H2,1H3. The molecule has 0 aliphatic heterocycles. The van der Waals surface area contributed by atoms with Gasteiger partial charge in [0.1, 0.15) is 5.75 Å². The third-order valence-corrected chi connectivity index (χ3v) is 2.20. The lowest BCUT2D eigenvalue weighted by Crippen LogP contribution is -2.12. The molecular weight excluding hydrogens is 230 g/mol. The van der Waals surface area contributed by atoms with Gasteiger partial charge >= 0.3 is 5.97 Å². The number of halogens is 1. The van der Waals surface area contributed by atoms with Gasteiger partial charge in [0.15, 0.2) is 6.61 Å². The summed E-state index contributed by atoms with van der Waals surface area (Å²) in [6, 6.07) is 7.49. The maximum absolute atomic E-state index is 10.8.